The number of aliphatic imine (C=N–C) groups is 1. The Labute approximate surface area is 153 Å². The second-order valence-electron chi connectivity index (χ2n) is 5.69. The van der Waals surface area contributed by atoms with Crippen molar-refractivity contribution in [3.05, 3.63) is 45.7 Å². The van der Waals surface area contributed by atoms with Crippen LogP contribution in [0.5, 0.6) is 0 Å². The fourth-order valence-electron chi connectivity index (χ4n) is 2.48. The molecule has 0 saturated carbocycles. The van der Waals surface area contributed by atoms with Crippen molar-refractivity contribution in [3.8, 4) is 0 Å². The average molecular weight is 376 g/mol. The van der Waals surface area contributed by atoms with Crippen LogP contribution in [0.4, 0.5) is 0 Å². The first-order valence-corrected chi connectivity index (χ1v) is 10.5. The molecule has 1 aromatic carbocycles. The number of benzene rings is 1. The lowest BCUT2D eigenvalue weighted by atomic mass is 10.0. The zero-order valence-corrected chi connectivity index (χ0v) is 16.0. The third-order valence-electron chi connectivity index (χ3n) is 3.91. The van der Waals surface area contributed by atoms with Crippen molar-refractivity contribution in [2.24, 2.45) is 4.99 Å². The molecule has 1 aliphatic rings. The van der Waals surface area contributed by atoms with Gasteiger partial charge in [0.1, 0.15) is 9.38 Å². The largest absolute Gasteiger partial charge is 0.271 e. The highest BCUT2D eigenvalue weighted by atomic mass is 32.2. The van der Waals surface area contributed by atoms with Gasteiger partial charge >= 0.3 is 0 Å². The number of thioether (sulfide) groups is 2. The summed E-state index contributed by atoms with van der Waals surface area (Å²) >= 11 is 5.16. The van der Waals surface area contributed by atoms with E-state index in [4.69, 9.17) is 5.10 Å². The molecule has 0 unspecified atom stereocenters. The summed E-state index contributed by atoms with van der Waals surface area (Å²) in [7, 11) is 0. The standard InChI is InChI=1S/C16H17N5S3/c1-10-3-4-12(7-11(10)2)8-14-20-21-13(18-19-15(21)24-14)9-23-16-17-5-6-22-16/h3-4,7H,5-6,8-9H2,1-2H3. The molecule has 0 fully saturated rings. The minimum absolute atomic E-state index is 0.764. The second kappa shape index (κ2) is 6.85. The number of hydrogen-bond donors (Lipinski definition) is 0. The van der Waals surface area contributed by atoms with Crippen molar-refractivity contribution in [1.29, 1.82) is 0 Å². The van der Waals surface area contributed by atoms with Gasteiger partial charge in [0.15, 0.2) is 5.82 Å². The Bertz CT molecular complexity index is 912. The summed E-state index contributed by atoms with van der Waals surface area (Å²) < 4.78 is 3.03. The molecule has 0 bridgehead atoms. The maximum absolute atomic E-state index is 4.72. The predicted octanol–water partition coefficient (Wildman–Crippen LogP) is 3.73. The Morgan fingerprint density at radius 2 is 2.12 bits per heavy atom. The van der Waals surface area contributed by atoms with Crippen LogP contribution >= 0.6 is 34.9 Å². The molecule has 0 atom stereocenters. The van der Waals surface area contributed by atoms with Crippen molar-refractivity contribution < 1.29 is 0 Å². The molecule has 0 N–H and O–H groups in total. The van der Waals surface area contributed by atoms with Gasteiger partial charge in [-0.25, -0.2) is 0 Å². The van der Waals surface area contributed by atoms with Crippen molar-refractivity contribution in [2.45, 2.75) is 26.0 Å². The van der Waals surface area contributed by atoms with E-state index in [-0.39, 0.29) is 0 Å². The van der Waals surface area contributed by atoms with Crippen LogP contribution in [-0.2, 0) is 12.2 Å². The van der Waals surface area contributed by atoms with E-state index in [2.05, 4.69) is 47.2 Å². The molecule has 3 aromatic rings. The highest BCUT2D eigenvalue weighted by molar-refractivity contribution is 8.38. The molecule has 0 amide bonds. The van der Waals surface area contributed by atoms with E-state index in [1.807, 2.05) is 16.3 Å². The predicted molar refractivity (Wildman–Crippen MR) is 103 cm³/mol. The summed E-state index contributed by atoms with van der Waals surface area (Å²) in [5.74, 6) is 2.75. The molecule has 1 aliphatic heterocycles. The lowest BCUT2D eigenvalue weighted by Gasteiger charge is -2.03. The van der Waals surface area contributed by atoms with E-state index >= 15 is 0 Å². The average Bonchev–Trinajstić information content (AvgIpc) is 3.26. The SMILES string of the molecule is Cc1ccc(Cc2nn3c(CSC4=NCCS4)nnc3s2)cc1C. The van der Waals surface area contributed by atoms with Crippen LogP contribution in [-0.4, -0.2) is 36.5 Å². The quantitative estimate of drug-likeness (QED) is 0.695. The van der Waals surface area contributed by atoms with Crippen molar-refractivity contribution >= 4 is 44.2 Å². The minimum Gasteiger partial charge on any atom is -0.271 e. The highest BCUT2D eigenvalue weighted by Crippen LogP contribution is 2.26. The van der Waals surface area contributed by atoms with Gasteiger partial charge < -0.3 is 0 Å². The van der Waals surface area contributed by atoms with Gasteiger partial charge in [-0.1, -0.05) is 53.1 Å². The van der Waals surface area contributed by atoms with Crippen LogP contribution in [0.2, 0.25) is 0 Å². The van der Waals surface area contributed by atoms with Gasteiger partial charge in [-0.2, -0.15) is 9.61 Å². The van der Waals surface area contributed by atoms with E-state index in [0.717, 1.165) is 44.6 Å². The molecule has 0 aliphatic carbocycles. The number of fused-ring (bicyclic) bond motifs is 1. The number of hydrogen-bond acceptors (Lipinski definition) is 7. The highest BCUT2D eigenvalue weighted by Gasteiger charge is 2.15. The molecule has 124 valence electrons. The Morgan fingerprint density at radius 1 is 1.21 bits per heavy atom. The number of nitrogens with zero attached hydrogens (tertiary/aromatic N) is 5. The summed E-state index contributed by atoms with van der Waals surface area (Å²) in [5, 5.41) is 14.3. The topological polar surface area (TPSA) is 55.4 Å². The van der Waals surface area contributed by atoms with Gasteiger partial charge in [-0.05, 0) is 30.5 Å². The molecule has 3 heterocycles. The first-order valence-electron chi connectivity index (χ1n) is 7.75. The molecule has 0 saturated heterocycles. The van der Waals surface area contributed by atoms with Gasteiger partial charge in [0.25, 0.3) is 0 Å². The maximum atomic E-state index is 4.72. The van der Waals surface area contributed by atoms with Crippen LogP contribution in [0.25, 0.3) is 4.96 Å². The van der Waals surface area contributed by atoms with Gasteiger partial charge in [-0.3, -0.25) is 4.99 Å². The van der Waals surface area contributed by atoms with Crippen LogP contribution in [0.3, 0.4) is 0 Å². The molecule has 2 aromatic heterocycles. The van der Waals surface area contributed by atoms with E-state index in [0.29, 0.717) is 0 Å². The Balaban J connectivity index is 1.51. The fourth-order valence-corrected chi connectivity index (χ4v) is 5.28. The molecule has 0 radical (unpaired) electrons. The molecule has 5 nitrogen and oxygen atoms in total. The first-order chi connectivity index (χ1) is 11.7. The molecule has 24 heavy (non-hydrogen) atoms. The third kappa shape index (κ3) is 3.36. The smallest absolute Gasteiger partial charge is 0.234 e. The molecular formula is C16H17N5S3. The van der Waals surface area contributed by atoms with E-state index in [9.17, 15) is 0 Å². The van der Waals surface area contributed by atoms with Crippen molar-refractivity contribution in [3.63, 3.8) is 0 Å². The van der Waals surface area contributed by atoms with Crippen LogP contribution < -0.4 is 0 Å². The number of rotatable bonds is 4. The van der Waals surface area contributed by atoms with Crippen molar-refractivity contribution in [1.82, 2.24) is 19.8 Å². The lowest BCUT2D eigenvalue weighted by molar-refractivity contribution is 0.857. The Kier molecular flexibility index (Phi) is 4.60. The van der Waals surface area contributed by atoms with Gasteiger partial charge in [0.2, 0.25) is 4.96 Å². The maximum Gasteiger partial charge on any atom is 0.234 e. The first kappa shape index (κ1) is 16.1. The zero-order valence-electron chi connectivity index (χ0n) is 13.5. The summed E-state index contributed by atoms with van der Waals surface area (Å²) in [6.07, 6.45) is 0.838. The van der Waals surface area contributed by atoms with Crippen LogP contribution in [0.15, 0.2) is 23.2 Å². The Morgan fingerprint density at radius 3 is 2.92 bits per heavy atom. The van der Waals surface area contributed by atoms with Crippen LogP contribution in [0, 0.1) is 13.8 Å². The van der Waals surface area contributed by atoms with E-state index in [1.54, 1.807) is 23.1 Å². The van der Waals surface area contributed by atoms with Gasteiger partial charge in [0, 0.05) is 12.2 Å². The van der Waals surface area contributed by atoms with Crippen molar-refractivity contribution in [2.75, 3.05) is 12.3 Å². The summed E-state index contributed by atoms with van der Waals surface area (Å²) in [6.45, 7) is 5.22. The van der Waals surface area contributed by atoms with Gasteiger partial charge in [-0.15, -0.1) is 10.2 Å². The Hall–Kier alpha value is -1.38. The zero-order chi connectivity index (χ0) is 16.5. The molecule has 8 heteroatoms. The van der Waals surface area contributed by atoms with E-state index < -0.39 is 0 Å². The number of aryl methyl sites for hydroxylation is 2. The van der Waals surface area contributed by atoms with E-state index in [1.165, 1.54) is 16.7 Å². The van der Waals surface area contributed by atoms with Gasteiger partial charge in [0.05, 0.1) is 12.3 Å². The summed E-state index contributed by atoms with van der Waals surface area (Å²) in [6, 6.07) is 6.59. The summed E-state index contributed by atoms with van der Waals surface area (Å²) in [4.78, 5) is 5.33. The lowest BCUT2D eigenvalue weighted by Crippen LogP contribution is -1.97. The molecule has 0 spiro atoms. The fraction of sp³-hybridized carbons (Fsp3) is 0.375. The second-order valence-corrected chi connectivity index (χ2v) is 9.03. The minimum atomic E-state index is 0.764. The monoisotopic (exact) mass is 375 g/mol. The van der Waals surface area contributed by atoms with Crippen LogP contribution in [0.1, 0.15) is 27.5 Å². The number of aromatic nitrogens is 4. The normalized spacial score (nSPS) is 14.5. The summed E-state index contributed by atoms with van der Waals surface area (Å²) in [5.41, 5.74) is 3.93. The molecular weight excluding hydrogens is 358 g/mol. The third-order valence-corrected chi connectivity index (χ3v) is 7.05. The molecule has 4 rings (SSSR count).